The molecule has 1 fully saturated rings. The van der Waals surface area contributed by atoms with Crippen LogP contribution in [-0.2, 0) is 20.3 Å². The van der Waals surface area contributed by atoms with Gasteiger partial charge in [-0.15, -0.1) is 0 Å². The lowest BCUT2D eigenvalue weighted by Gasteiger charge is -2.26. The highest BCUT2D eigenvalue weighted by atomic mass is 35.5. The van der Waals surface area contributed by atoms with Gasteiger partial charge in [0, 0.05) is 17.7 Å². The number of carbonyl (C=O) groups is 1. The minimum Gasteiger partial charge on any atom is -0.492 e. The molecule has 1 aromatic heterocycles. The fraction of sp³-hybridized carbons (Fsp3) is 0.478. The third kappa shape index (κ3) is 4.18. The van der Waals surface area contributed by atoms with Crippen LogP contribution in [0.4, 0.5) is 0 Å². The molecule has 0 unspecified atom stereocenters. The SMILES string of the molecule is CC(C)COc1cc2c(cc1Cl)-c1c(cc(C(=O)OC(C)C)c(=O)n1C1CC1)CS2(=O)=O. The van der Waals surface area contributed by atoms with E-state index in [9.17, 15) is 18.0 Å². The van der Waals surface area contributed by atoms with Gasteiger partial charge in [-0.05, 0) is 50.3 Å². The van der Waals surface area contributed by atoms with Crippen molar-refractivity contribution in [3.05, 3.63) is 44.7 Å². The molecule has 32 heavy (non-hydrogen) atoms. The normalized spacial score (nSPS) is 16.6. The maximum absolute atomic E-state index is 13.3. The second kappa shape index (κ2) is 8.23. The maximum atomic E-state index is 13.3. The van der Waals surface area contributed by atoms with Gasteiger partial charge in [-0.1, -0.05) is 25.4 Å². The molecule has 1 aliphatic heterocycles. The van der Waals surface area contributed by atoms with Crippen molar-refractivity contribution in [1.29, 1.82) is 0 Å². The Kier molecular flexibility index (Phi) is 5.88. The quantitative estimate of drug-likeness (QED) is 0.570. The van der Waals surface area contributed by atoms with E-state index in [0.29, 0.717) is 29.2 Å². The lowest BCUT2D eigenvalue weighted by Crippen LogP contribution is -2.32. The largest absolute Gasteiger partial charge is 0.492 e. The zero-order valence-corrected chi connectivity index (χ0v) is 20.0. The van der Waals surface area contributed by atoms with E-state index in [1.165, 1.54) is 12.1 Å². The van der Waals surface area contributed by atoms with Crippen molar-refractivity contribution in [2.45, 2.75) is 63.3 Å². The molecule has 0 radical (unpaired) electrons. The minimum atomic E-state index is -3.74. The Balaban J connectivity index is 1.94. The zero-order valence-electron chi connectivity index (χ0n) is 18.5. The van der Waals surface area contributed by atoms with E-state index in [-0.39, 0.29) is 33.2 Å². The Morgan fingerprint density at radius 1 is 1.19 bits per heavy atom. The highest BCUT2D eigenvalue weighted by Crippen LogP contribution is 2.46. The Morgan fingerprint density at radius 2 is 1.88 bits per heavy atom. The van der Waals surface area contributed by atoms with E-state index < -0.39 is 27.5 Å². The van der Waals surface area contributed by atoms with Gasteiger partial charge in [-0.2, -0.15) is 0 Å². The van der Waals surface area contributed by atoms with Crippen LogP contribution in [-0.4, -0.2) is 31.7 Å². The molecule has 0 amide bonds. The van der Waals surface area contributed by atoms with Crippen molar-refractivity contribution in [3.8, 4) is 17.0 Å². The molecule has 0 N–H and O–H groups in total. The zero-order chi connectivity index (χ0) is 23.4. The summed E-state index contributed by atoms with van der Waals surface area (Å²) in [4.78, 5) is 26.0. The summed E-state index contributed by atoms with van der Waals surface area (Å²) in [5.74, 6) is -0.539. The van der Waals surface area contributed by atoms with Crippen molar-refractivity contribution in [2.24, 2.45) is 5.92 Å². The number of benzene rings is 1. The molecule has 1 aromatic carbocycles. The number of rotatable bonds is 6. The van der Waals surface area contributed by atoms with Crippen LogP contribution in [0.15, 0.2) is 27.9 Å². The molecule has 0 spiro atoms. The third-order valence-corrected chi connectivity index (χ3v) is 7.32. The fourth-order valence-corrected chi connectivity index (χ4v) is 5.62. The smallest absolute Gasteiger partial charge is 0.344 e. The van der Waals surface area contributed by atoms with E-state index in [1.807, 2.05) is 13.8 Å². The maximum Gasteiger partial charge on any atom is 0.344 e. The van der Waals surface area contributed by atoms with Gasteiger partial charge in [0.15, 0.2) is 9.84 Å². The van der Waals surface area contributed by atoms with Crippen molar-refractivity contribution in [1.82, 2.24) is 4.57 Å². The molecule has 0 bridgehead atoms. The van der Waals surface area contributed by atoms with E-state index in [1.54, 1.807) is 24.5 Å². The number of carbonyl (C=O) groups excluding carboxylic acids is 1. The molecule has 1 aliphatic carbocycles. The number of sulfone groups is 1. The van der Waals surface area contributed by atoms with Gasteiger partial charge < -0.3 is 14.0 Å². The Labute approximate surface area is 192 Å². The Morgan fingerprint density at radius 3 is 2.47 bits per heavy atom. The number of aromatic nitrogens is 1. The lowest BCUT2D eigenvalue weighted by molar-refractivity contribution is 0.0375. The molecule has 0 atom stereocenters. The van der Waals surface area contributed by atoms with Gasteiger partial charge in [-0.3, -0.25) is 4.79 Å². The van der Waals surface area contributed by atoms with Crippen molar-refractivity contribution < 1.29 is 22.7 Å². The predicted molar refractivity (Wildman–Crippen MR) is 121 cm³/mol. The van der Waals surface area contributed by atoms with Crippen LogP contribution in [0.5, 0.6) is 5.75 Å². The summed E-state index contributed by atoms with van der Waals surface area (Å²) in [7, 11) is -3.74. The first-order valence-corrected chi connectivity index (χ1v) is 12.7. The summed E-state index contributed by atoms with van der Waals surface area (Å²) in [6, 6.07) is 4.26. The average molecular weight is 480 g/mol. The monoisotopic (exact) mass is 479 g/mol. The van der Waals surface area contributed by atoms with Crippen LogP contribution in [0, 0.1) is 5.92 Å². The van der Waals surface area contributed by atoms with E-state index in [4.69, 9.17) is 21.1 Å². The fourth-order valence-electron chi connectivity index (χ4n) is 3.83. The topological polar surface area (TPSA) is 91.7 Å². The first kappa shape index (κ1) is 22.9. The Hall–Kier alpha value is -2.32. The number of pyridine rings is 1. The van der Waals surface area contributed by atoms with Crippen molar-refractivity contribution in [2.75, 3.05) is 6.61 Å². The van der Waals surface area contributed by atoms with Gasteiger partial charge in [-0.25, -0.2) is 13.2 Å². The van der Waals surface area contributed by atoms with Crippen LogP contribution in [0.2, 0.25) is 5.02 Å². The second-order valence-electron chi connectivity index (χ2n) is 9.03. The molecular weight excluding hydrogens is 454 g/mol. The molecule has 4 rings (SSSR count). The molecule has 2 aromatic rings. The van der Waals surface area contributed by atoms with Crippen LogP contribution in [0.1, 0.15) is 62.5 Å². The van der Waals surface area contributed by atoms with Gasteiger partial charge in [0.1, 0.15) is 11.3 Å². The number of fused-ring (bicyclic) bond motifs is 3. The van der Waals surface area contributed by atoms with E-state index in [2.05, 4.69) is 0 Å². The predicted octanol–water partition coefficient (Wildman–Crippen LogP) is 4.39. The number of hydrogen-bond acceptors (Lipinski definition) is 6. The first-order chi connectivity index (χ1) is 15.0. The third-order valence-electron chi connectivity index (χ3n) is 5.33. The minimum absolute atomic E-state index is 0.0828. The molecule has 0 saturated heterocycles. The summed E-state index contributed by atoms with van der Waals surface area (Å²) in [5.41, 5.74) is 0.637. The molecule has 2 heterocycles. The number of hydrogen-bond donors (Lipinski definition) is 0. The van der Waals surface area contributed by atoms with Crippen LogP contribution >= 0.6 is 11.6 Å². The van der Waals surface area contributed by atoms with Crippen LogP contribution in [0.25, 0.3) is 11.3 Å². The van der Waals surface area contributed by atoms with Gasteiger partial charge in [0.05, 0.1) is 34.1 Å². The summed E-state index contributed by atoms with van der Waals surface area (Å²) < 4.78 is 38.8. The number of ether oxygens (including phenoxy) is 2. The summed E-state index contributed by atoms with van der Waals surface area (Å²) in [6.45, 7) is 7.74. The number of nitrogens with zero attached hydrogens (tertiary/aromatic N) is 1. The Bertz CT molecular complexity index is 1260. The van der Waals surface area contributed by atoms with E-state index >= 15 is 0 Å². The first-order valence-electron chi connectivity index (χ1n) is 10.7. The van der Waals surface area contributed by atoms with Gasteiger partial charge >= 0.3 is 5.97 Å². The van der Waals surface area contributed by atoms with Gasteiger partial charge in [0.25, 0.3) is 5.56 Å². The molecule has 7 nitrogen and oxygen atoms in total. The molecule has 2 aliphatic rings. The molecular formula is C23H26ClNO6S. The number of halogens is 1. The van der Waals surface area contributed by atoms with Crippen LogP contribution < -0.4 is 10.3 Å². The molecule has 1 saturated carbocycles. The molecule has 172 valence electrons. The standard InChI is InChI=1S/C23H26ClNO6S/c1-12(2)10-30-19-9-20-16(8-18(19)24)21-14(11-32(20,28)29)7-17(23(27)31-13(3)4)22(26)25(21)15-5-6-15/h7-9,12-13,15H,5-6,10-11H2,1-4H3. The van der Waals surface area contributed by atoms with E-state index in [0.717, 1.165) is 12.8 Å². The highest BCUT2D eigenvalue weighted by molar-refractivity contribution is 7.90. The second-order valence-corrected chi connectivity index (χ2v) is 11.4. The van der Waals surface area contributed by atoms with Gasteiger partial charge in [0.2, 0.25) is 0 Å². The highest BCUT2D eigenvalue weighted by Gasteiger charge is 2.37. The van der Waals surface area contributed by atoms with Crippen molar-refractivity contribution in [3.63, 3.8) is 0 Å². The molecule has 9 heteroatoms. The van der Waals surface area contributed by atoms with Crippen molar-refractivity contribution >= 4 is 27.4 Å². The average Bonchev–Trinajstić information content (AvgIpc) is 3.50. The van der Waals surface area contributed by atoms with Crippen LogP contribution in [0.3, 0.4) is 0 Å². The summed E-state index contributed by atoms with van der Waals surface area (Å²) in [6.07, 6.45) is 1.15. The summed E-state index contributed by atoms with van der Waals surface area (Å²) in [5, 5.41) is 0.269. The number of esters is 1. The lowest BCUT2D eigenvalue weighted by atomic mass is 10.0. The summed E-state index contributed by atoms with van der Waals surface area (Å²) >= 11 is 6.45.